The molecule has 0 aliphatic carbocycles. The first-order valence-corrected chi connectivity index (χ1v) is 8.05. The number of hydrogen-bond donors (Lipinski definition) is 0. The van der Waals surface area contributed by atoms with E-state index in [0.29, 0.717) is 5.71 Å². The fourth-order valence-electron chi connectivity index (χ4n) is 4.20. The summed E-state index contributed by atoms with van der Waals surface area (Å²) >= 11 is 0. The molecule has 114 valence electrons. The van der Waals surface area contributed by atoms with Crippen molar-refractivity contribution in [3.05, 3.63) is 54.6 Å². The van der Waals surface area contributed by atoms with E-state index >= 15 is 0 Å². The van der Waals surface area contributed by atoms with Gasteiger partial charge in [0, 0.05) is 16.2 Å². The predicted octanol–water partition coefficient (Wildman–Crippen LogP) is 4.11. The Morgan fingerprint density at radius 1 is 1.00 bits per heavy atom. The summed E-state index contributed by atoms with van der Waals surface area (Å²) < 4.78 is 10.2. The maximum absolute atomic E-state index is 5.79. The predicted molar refractivity (Wildman–Crippen MR) is 94.6 cm³/mol. The van der Waals surface area contributed by atoms with Crippen molar-refractivity contribution in [3.8, 4) is 0 Å². The van der Waals surface area contributed by atoms with Gasteiger partial charge in [-0.05, 0) is 23.5 Å². The van der Waals surface area contributed by atoms with Crippen LogP contribution in [0.3, 0.4) is 0 Å². The minimum absolute atomic E-state index is 0.693. The van der Waals surface area contributed by atoms with Crippen molar-refractivity contribution in [2.75, 3.05) is 0 Å². The Morgan fingerprint density at radius 3 is 2.79 bits per heavy atom. The van der Waals surface area contributed by atoms with Crippen molar-refractivity contribution in [1.29, 1.82) is 0 Å². The van der Waals surface area contributed by atoms with E-state index in [0.717, 1.165) is 10.9 Å². The van der Waals surface area contributed by atoms with E-state index in [2.05, 4.69) is 64.3 Å². The molecule has 0 aliphatic heterocycles. The first kappa shape index (κ1) is 12.3. The Hall–Kier alpha value is -3.14. The van der Waals surface area contributed by atoms with Gasteiger partial charge in [-0.3, -0.25) is 0 Å². The van der Waals surface area contributed by atoms with Gasteiger partial charge in [0.2, 0.25) is 0 Å². The number of rotatable bonds is 0. The number of nitrogens with zero attached hydrogens (tertiary/aromatic N) is 3. The van der Waals surface area contributed by atoms with Gasteiger partial charge in [-0.2, -0.15) is 0 Å². The molecule has 0 saturated carbocycles. The van der Waals surface area contributed by atoms with E-state index in [4.69, 9.17) is 4.42 Å². The van der Waals surface area contributed by atoms with Crippen molar-refractivity contribution in [2.24, 2.45) is 7.05 Å². The number of benzene rings is 2. The van der Waals surface area contributed by atoms with E-state index in [1.54, 1.807) is 0 Å². The second-order valence-corrected chi connectivity index (χ2v) is 6.51. The van der Waals surface area contributed by atoms with Gasteiger partial charge in [-0.1, -0.05) is 30.3 Å². The van der Waals surface area contributed by atoms with Gasteiger partial charge in [-0.25, -0.2) is 4.57 Å². The quantitative estimate of drug-likeness (QED) is 0.312. The minimum atomic E-state index is 0.693. The SMILES string of the molecule is Cc1ccc2c3ccccc3n3c4coc5nc[n+](C)c(c1c23)c54. The molecule has 0 aliphatic rings. The summed E-state index contributed by atoms with van der Waals surface area (Å²) in [6, 6.07) is 13.0. The molecule has 0 spiro atoms. The van der Waals surface area contributed by atoms with Gasteiger partial charge in [0.05, 0.1) is 18.1 Å². The van der Waals surface area contributed by atoms with Crippen LogP contribution in [-0.2, 0) is 7.05 Å². The summed E-state index contributed by atoms with van der Waals surface area (Å²) in [6.07, 6.45) is 3.67. The second kappa shape index (κ2) is 3.85. The van der Waals surface area contributed by atoms with Gasteiger partial charge >= 0.3 is 5.71 Å². The van der Waals surface area contributed by atoms with Crippen molar-refractivity contribution >= 4 is 49.3 Å². The molecule has 6 aromatic rings. The maximum Gasteiger partial charge on any atom is 0.346 e. The third-order valence-electron chi connectivity index (χ3n) is 5.21. The lowest BCUT2D eigenvalue weighted by molar-refractivity contribution is -0.647. The van der Waals surface area contributed by atoms with E-state index < -0.39 is 0 Å². The van der Waals surface area contributed by atoms with Crippen LogP contribution < -0.4 is 4.57 Å². The highest BCUT2D eigenvalue weighted by Gasteiger charge is 2.25. The lowest BCUT2D eigenvalue weighted by Gasteiger charge is -2.09. The maximum atomic E-state index is 5.79. The average Bonchev–Trinajstić information content (AvgIpc) is 3.16. The lowest BCUT2D eigenvalue weighted by atomic mass is 10.0. The Kier molecular flexibility index (Phi) is 1.97. The zero-order valence-electron chi connectivity index (χ0n) is 13.4. The molecular weight excluding hydrogens is 298 g/mol. The number of para-hydroxylation sites is 1. The Labute approximate surface area is 136 Å². The highest BCUT2D eigenvalue weighted by atomic mass is 16.3. The first-order chi connectivity index (χ1) is 11.8. The monoisotopic (exact) mass is 312 g/mol. The molecular formula is C20H14N3O+. The van der Waals surface area contributed by atoms with E-state index in [-0.39, 0.29) is 0 Å². The van der Waals surface area contributed by atoms with Crippen LogP contribution in [-0.4, -0.2) is 9.38 Å². The lowest BCUT2D eigenvalue weighted by Crippen LogP contribution is -2.29. The number of furan rings is 1. The van der Waals surface area contributed by atoms with Crippen LogP contribution in [0.2, 0.25) is 0 Å². The largest absolute Gasteiger partial charge is 0.425 e. The number of pyridine rings is 1. The third-order valence-corrected chi connectivity index (χ3v) is 5.21. The summed E-state index contributed by atoms with van der Waals surface area (Å²) in [4.78, 5) is 4.46. The Balaban J connectivity index is 2.18. The number of aromatic nitrogens is 3. The van der Waals surface area contributed by atoms with Crippen LogP contribution in [0.4, 0.5) is 0 Å². The van der Waals surface area contributed by atoms with Gasteiger partial charge in [0.15, 0.2) is 5.52 Å². The fourth-order valence-corrected chi connectivity index (χ4v) is 4.20. The van der Waals surface area contributed by atoms with Gasteiger partial charge in [0.1, 0.15) is 17.2 Å². The van der Waals surface area contributed by atoms with Crippen LogP contribution in [0, 0.1) is 6.92 Å². The fraction of sp³-hybridized carbons (Fsp3) is 0.100. The highest BCUT2D eigenvalue weighted by Crippen LogP contribution is 2.40. The summed E-state index contributed by atoms with van der Waals surface area (Å²) in [7, 11) is 2.05. The summed E-state index contributed by atoms with van der Waals surface area (Å²) in [5, 5.41) is 4.91. The molecule has 6 rings (SSSR count). The molecule has 0 atom stereocenters. The zero-order valence-corrected chi connectivity index (χ0v) is 13.4. The second-order valence-electron chi connectivity index (χ2n) is 6.51. The van der Waals surface area contributed by atoms with Crippen LogP contribution in [0.15, 0.2) is 53.4 Å². The minimum Gasteiger partial charge on any atom is -0.425 e. The molecule has 2 aromatic carbocycles. The van der Waals surface area contributed by atoms with Crippen molar-refractivity contribution in [1.82, 2.24) is 9.38 Å². The zero-order chi connectivity index (χ0) is 16.0. The molecule has 4 aromatic heterocycles. The van der Waals surface area contributed by atoms with E-state index in [1.807, 2.05) is 12.6 Å². The first-order valence-electron chi connectivity index (χ1n) is 8.05. The molecule has 0 N–H and O–H groups in total. The molecule has 0 bridgehead atoms. The van der Waals surface area contributed by atoms with Crippen LogP contribution in [0.25, 0.3) is 49.3 Å². The molecule has 0 unspecified atom stereocenters. The standard InChI is InChI=1S/C20H14N3O/c1-11-7-8-13-12-5-3-4-6-14(12)23-15-9-24-20-17(15)19(16(11)18(13)23)22(2)10-21-20/h3-10H,1-2H3/q+1. The summed E-state index contributed by atoms with van der Waals surface area (Å²) in [5.41, 5.74) is 6.68. The van der Waals surface area contributed by atoms with Crippen molar-refractivity contribution in [3.63, 3.8) is 0 Å². The molecule has 0 amide bonds. The molecule has 4 nitrogen and oxygen atoms in total. The molecule has 4 heteroatoms. The number of hydrogen-bond acceptors (Lipinski definition) is 2. The number of aryl methyl sites for hydroxylation is 2. The van der Waals surface area contributed by atoms with Crippen molar-refractivity contribution in [2.45, 2.75) is 6.92 Å². The van der Waals surface area contributed by atoms with E-state index in [9.17, 15) is 0 Å². The van der Waals surface area contributed by atoms with Crippen molar-refractivity contribution < 1.29 is 8.98 Å². The molecule has 24 heavy (non-hydrogen) atoms. The Bertz CT molecular complexity index is 1420. The van der Waals surface area contributed by atoms with Gasteiger partial charge in [0.25, 0.3) is 6.33 Å². The third kappa shape index (κ3) is 1.20. The van der Waals surface area contributed by atoms with Gasteiger partial charge in [-0.15, -0.1) is 0 Å². The van der Waals surface area contributed by atoms with Crippen LogP contribution >= 0.6 is 0 Å². The molecule has 0 saturated heterocycles. The topological polar surface area (TPSA) is 34.3 Å². The summed E-state index contributed by atoms with van der Waals surface area (Å²) in [6.45, 7) is 2.17. The smallest absolute Gasteiger partial charge is 0.346 e. The Morgan fingerprint density at radius 2 is 1.88 bits per heavy atom. The summed E-state index contributed by atoms with van der Waals surface area (Å²) in [5.74, 6) is 0. The number of fused-ring (bicyclic) bond motifs is 5. The van der Waals surface area contributed by atoms with Crippen LogP contribution in [0.5, 0.6) is 0 Å². The molecule has 4 heterocycles. The molecule has 0 fully saturated rings. The van der Waals surface area contributed by atoms with Gasteiger partial charge < -0.3 is 8.82 Å². The van der Waals surface area contributed by atoms with E-state index in [1.165, 1.54) is 38.3 Å². The average molecular weight is 312 g/mol. The highest BCUT2D eigenvalue weighted by molar-refractivity contribution is 6.24. The molecule has 0 radical (unpaired) electrons. The normalized spacial score (nSPS) is 12.6. The van der Waals surface area contributed by atoms with Crippen LogP contribution in [0.1, 0.15) is 5.56 Å².